The van der Waals surface area contributed by atoms with Gasteiger partial charge < -0.3 is 5.48 Å². The van der Waals surface area contributed by atoms with E-state index in [0.29, 0.717) is 0 Å². The van der Waals surface area contributed by atoms with Crippen molar-refractivity contribution in [1.29, 1.82) is 0 Å². The molecule has 25 heavy (non-hydrogen) atoms. The van der Waals surface area contributed by atoms with E-state index in [0.717, 1.165) is 37.9 Å². The van der Waals surface area contributed by atoms with Crippen LogP contribution in [0.15, 0.2) is 40.5 Å². The van der Waals surface area contributed by atoms with Crippen molar-refractivity contribution < 1.29 is 5.48 Å². The van der Waals surface area contributed by atoms with Crippen molar-refractivity contribution in [2.75, 3.05) is 0 Å². The van der Waals surface area contributed by atoms with E-state index >= 15 is 0 Å². The van der Waals surface area contributed by atoms with Crippen LogP contribution in [0.1, 0.15) is 0 Å². The Morgan fingerprint density at radius 2 is 0.680 bits per heavy atom. The van der Waals surface area contributed by atoms with E-state index < -0.39 is 0 Å². The molecule has 0 saturated carbocycles. The predicted molar refractivity (Wildman–Crippen MR) is 121 cm³/mol. The van der Waals surface area contributed by atoms with E-state index in [2.05, 4.69) is 83.7 Å². The van der Waals surface area contributed by atoms with Gasteiger partial charge in [-0.1, -0.05) is 0 Å². The highest BCUT2D eigenvalue weighted by atomic mass is 79.9. The quantitative estimate of drug-likeness (QED) is 0.236. The summed E-state index contributed by atoms with van der Waals surface area (Å²) in [6, 6.07) is 0. The largest absolute Gasteiger partial charge is 0.412 e. The smallest absolute Gasteiger partial charge is 0.125 e. The topological polar surface area (TPSA) is 83.1 Å². The number of aromatic nitrogens is 4. The average Bonchev–Trinajstić information content (AvgIpc) is 3.31. The van der Waals surface area contributed by atoms with Crippen LogP contribution in [0.4, 0.5) is 0 Å². The van der Waals surface area contributed by atoms with E-state index in [9.17, 15) is 0 Å². The summed E-state index contributed by atoms with van der Waals surface area (Å²) in [5, 5.41) is 0. The van der Waals surface area contributed by atoms with Gasteiger partial charge in [0.2, 0.25) is 0 Å². The van der Waals surface area contributed by atoms with Crippen LogP contribution in [-0.2, 0) is 0 Å². The highest BCUT2D eigenvalue weighted by molar-refractivity contribution is 9.11. The standard InChI is InChI=1S/2C6H2Br2N2S2.H2O/c2*7-5-3(11-1-9-5)4-6(8)10-2-12-4;/h2*1-2H;1H2. The minimum Gasteiger partial charge on any atom is -0.412 e. The summed E-state index contributed by atoms with van der Waals surface area (Å²) in [6.07, 6.45) is 0. The third-order valence-corrected chi connectivity index (χ3v) is 9.60. The summed E-state index contributed by atoms with van der Waals surface area (Å²) < 4.78 is 3.55. The number of thiazole rings is 4. The molecule has 13 heteroatoms. The van der Waals surface area contributed by atoms with Gasteiger partial charge in [0.15, 0.2) is 0 Å². The van der Waals surface area contributed by atoms with E-state index in [-0.39, 0.29) is 5.48 Å². The van der Waals surface area contributed by atoms with Gasteiger partial charge >= 0.3 is 0 Å². The lowest BCUT2D eigenvalue weighted by Crippen LogP contribution is -1.69. The molecule has 0 aliphatic heterocycles. The monoisotopic (exact) mass is 666 g/mol. The van der Waals surface area contributed by atoms with Gasteiger partial charge in [0.25, 0.3) is 0 Å². The molecule has 0 saturated heterocycles. The molecule has 0 amide bonds. The van der Waals surface area contributed by atoms with Gasteiger partial charge in [0.05, 0.1) is 41.6 Å². The number of hydrogen-bond acceptors (Lipinski definition) is 8. The van der Waals surface area contributed by atoms with Crippen molar-refractivity contribution in [3.8, 4) is 19.5 Å². The van der Waals surface area contributed by atoms with Gasteiger partial charge in [-0.3, -0.25) is 0 Å². The Morgan fingerprint density at radius 1 is 0.480 bits per heavy atom. The molecule has 4 heterocycles. The summed E-state index contributed by atoms with van der Waals surface area (Å²) >= 11 is 19.9. The number of halogens is 4. The zero-order valence-corrected chi connectivity index (χ0v) is 21.4. The highest BCUT2D eigenvalue weighted by Gasteiger charge is 2.12. The molecule has 0 aliphatic rings. The first-order valence-electron chi connectivity index (χ1n) is 5.94. The molecular formula is C12H6Br4N4OS4. The van der Waals surface area contributed by atoms with Crippen molar-refractivity contribution in [1.82, 2.24) is 19.9 Å². The maximum Gasteiger partial charge on any atom is 0.125 e. The normalized spacial score (nSPS) is 10.1. The van der Waals surface area contributed by atoms with Crippen LogP contribution in [0.2, 0.25) is 0 Å². The lowest BCUT2D eigenvalue weighted by molar-refractivity contribution is 0.824. The number of nitrogens with zero attached hydrogens (tertiary/aromatic N) is 4. The molecule has 0 unspecified atom stereocenters. The van der Waals surface area contributed by atoms with E-state index in [1.807, 2.05) is 22.0 Å². The van der Waals surface area contributed by atoms with Crippen molar-refractivity contribution in [2.24, 2.45) is 0 Å². The average molecular weight is 670 g/mol. The van der Waals surface area contributed by atoms with Gasteiger partial charge in [0, 0.05) is 0 Å². The third-order valence-electron chi connectivity index (χ3n) is 2.51. The zero-order valence-electron chi connectivity index (χ0n) is 11.7. The fourth-order valence-corrected chi connectivity index (χ4v) is 7.96. The summed E-state index contributed by atoms with van der Waals surface area (Å²) in [5.41, 5.74) is 7.24. The van der Waals surface area contributed by atoms with E-state index in [4.69, 9.17) is 0 Å². The summed E-state index contributed by atoms with van der Waals surface area (Å²) in [4.78, 5) is 20.9. The molecule has 0 atom stereocenters. The molecule has 0 aromatic carbocycles. The number of hydrogen-bond donors (Lipinski definition) is 0. The van der Waals surface area contributed by atoms with Gasteiger partial charge in [-0.15, -0.1) is 45.3 Å². The first-order chi connectivity index (χ1) is 11.6. The molecular weight excluding hydrogens is 664 g/mol. The molecule has 4 aromatic heterocycles. The molecule has 2 N–H and O–H groups in total. The second-order valence-corrected chi connectivity index (χ2v) is 10.3. The maximum absolute atomic E-state index is 4.11. The van der Waals surface area contributed by atoms with Crippen LogP contribution in [0, 0.1) is 0 Å². The fourth-order valence-electron chi connectivity index (χ4n) is 1.52. The maximum atomic E-state index is 4.11. The lowest BCUT2D eigenvalue weighted by atomic mass is 10.5. The third kappa shape index (κ3) is 5.23. The Balaban J connectivity index is 0.000000173. The SMILES string of the molecule is Brc1ncsc1-c1scnc1Br.Brc1ncsc1-c1scnc1Br.O. The second kappa shape index (κ2) is 10.1. The Labute approximate surface area is 192 Å². The van der Waals surface area contributed by atoms with Crippen molar-refractivity contribution in [3.05, 3.63) is 40.5 Å². The van der Waals surface area contributed by atoms with Crippen LogP contribution in [0.3, 0.4) is 0 Å². The predicted octanol–water partition coefficient (Wildman–Crippen LogP) is 6.76. The molecule has 4 rings (SSSR count). The minimum atomic E-state index is 0. The van der Waals surface area contributed by atoms with Gasteiger partial charge in [-0.25, -0.2) is 19.9 Å². The molecule has 0 fully saturated rings. The lowest BCUT2D eigenvalue weighted by Gasteiger charge is -1.90. The molecule has 4 aromatic rings. The van der Waals surface area contributed by atoms with Crippen molar-refractivity contribution >= 4 is 109 Å². The van der Waals surface area contributed by atoms with Crippen LogP contribution < -0.4 is 0 Å². The minimum absolute atomic E-state index is 0. The summed E-state index contributed by atoms with van der Waals surface area (Å²) in [6.45, 7) is 0. The zero-order chi connectivity index (χ0) is 17.1. The van der Waals surface area contributed by atoms with Gasteiger partial charge in [-0.05, 0) is 63.7 Å². The highest BCUT2D eigenvalue weighted by Crippen LogP contribution is 2.39. The first-order valence-corrected chi connectivity index (χ1v) is 12.6. The van der Waals surface area contributed by atoms with Crippen LogP contribution in [0.5, 0.6) is 0 Å². The van der Waals surface area contributed by atoms with Crippen LogP contribution >= 0.6 is 109 Å². The molecule has 0 bridgehead atoms. The fraction of sp³-hybridized carbons (Fsp3) is 0. The summed E-state index contributed by atoms with van der Waals surface area (Å²) in [7, 11) is 0. The Hall–Kier alpha value is 0.400. The second-order valence-electron chi connectivity index (χ2n) is 3.89. The van der Waals surface area contributed by atoms with E-state index in [1.54, 1.807) is 45.3 Å². The molecule has 0 spiro atoms. The Kier molecular flexibility index (Phi) is 8.75. The Morgan fingerprint density at radius 3 is 0.800 bits per heavy atom. The molecule has 5 nitrogen and oxygen atoms in total. The van der Waals surface area contributed by atoms with Crippen LogP contribution in [0.25, 0.3) is 19.5 Å². The Bertz CT molecular complexity index is 797. The van der Waals surface area contributed by atoms with Crippen molar-refractivity contribution in [2.45, 2.75) is 0 Å². The number of rotatable bonds is 2. The molecule has 0 aliphatic carbocycles. The van der Waals surface area contributed by atoms with Crippen molar-refractivity contribution in [3.63, 3.8) is 0 Å². The molecule has 132 valence electrons. The molecule has 0 radical (unpaired) electrons. The summed E-state index contributed by atoms with van der Waals surface area (Å²) in [5.74, 6) is 0. The van der Waals surface area contributed by atoms with Crippen LogP contribution in [-0.4, -0.2) is 25.4 Å². The van der Waals surface area contributed by atoms with Gasteiger partial charge in [-0.2, -0.15) is 0 Å². The van der Waals surface area contributed by atoms with E-state index in [1.165, 1.54) is 0 Å². The first kappa shape index (κ1) is 21.7. The van der Waals surface area contributed by atoms with Gasteiger partial charge in [0.1, 0.15) is 18.4 Å².